The molecule has 0 spiro atoms. The van der Waals surface area contributed by atoms with Gasteiger partial charge < -0.3 is 14.8 Å². The summed E-state index contributed by atoms with van der Waals surface area (Å²) in [4.78, 5) is 0. The third-order valence-electron chi connectivity index (χ3n) is 5.08. The zero-order chi connectivity index (χ0) is 23.8. The molecular formula is C25H26ClN5O2S. The monoisotopic (exact) mass is 495 g/mol. The molecule has 4 rings (SSSR count). The van der Waals surface area contributed by atoms with E-state index in [4.69, 9.17) is 21.1 Å². The van der Waals surface area contributed by atoms with Gasteiger partial charge in [0, 0.05) is 29.9 Å². The molecule has 0 aliphatic rings. The van der Waals surface area contributed by atoms with E-state index in [1.165, 1.54) is 5.56 Å². The van der Waals surface area contributed by atoms with Crippen LogP contribution in [0.2, 0.25) is 5.02 Å². The van der Waals surface area contributed by atoms with E-state index in [2.05, 4.69) is 39.9 Å². The highest BCUT2D eigenvalue weighted by Gasteiger charge is 2.12. The van der Waals surface area contributed by atoms with E-state index in [9.17, 15) is 0 Å². The molecule has 0 aliphatic carbocycles. The fourth-order valence-corrected chi connectivity index (χ4v) is 4.39. The first-order valence-electron chi connectivity index (χ1n) is 10.9. The lowest BCUT2D eigenvalue weighted by Crippen LogP contribution is -2.17. The van der Waals surface area contributed by atoms with Crippen molar-refractivity contribution < 1.29 is 9.47 Å². The van der Waals surface area contributed by atoms with Gasteiger partial charge in [-0.3, -0.25) is 0 Å². The number of thioether (sulfide) groups is 1. The summed E-state index contributed by atoms with van der Waals surface area (Å²) in [5.74, 6) is 2.09. The van der Waals surface area contributed by atoms with Crippen molar-refractivity contribution in [2.45, 2.75) is 25.2 Å². The maximum atomic E-state index is 6.54. The van der Waals surface area contributed by atoms with Gasteiger partial charge in [0.25, 0.3) is 0 Å². The van der Waals surface area contributed by atoms with E-state index in [0.29, 0.717) is 29.7 Å². The average molecular weight is 496 g/mol. The quantitative estimate of drug-likeness (QED) is 0.229. The Bertz CT molecular complexity index is 1220. The Kier molecular flexibility index (Phi) is 8.41. The van der Waals surface area contributed by atoms with Gasteiger partial charge in [-0.05, 0) is 46.7 Å². The zero-order valence-electron chi connectivity index (χ0n) is 19.1. The number of aromatic nitrogens is 4. The molecule has 0 amide bonds. The lowest BCUT2D eigenvalue weighted by atomic mass is 10.1. The summed E-state index contributed by atoms with van der Waals surface area (Å²) < 4.78 is 13.3. The van der Waals surface area contributed by atoms with E-state index in [1.54, 1.807) is 23.6 Å². The molecular weight excluding hydrogens is 470 g/mol. The molecule has 4 aromatic rings. The van der Waals surface area contributed by atoms with Gasteiger partial charge >= 0.3 is 0 Å². The number of hydrogen-bond donors (Lipinski definition) is 1. The molecule has 34 heavy (non-hydrogen) atoms. The second-order valence-electron chi connectivity index (χ2n) is 7.61. The van der Waals surface area contributed by atoms with Gasteiger partial charge in [-0.2, -0.15) is 4.68 Å². The minimum Gasteiger partial charge on any atom is -0.493 e. The second kappa shape index (κ2) is 11.9. The molecule has 0 atom stereocenters. The van der Waals surface area contributed by atoms with E-state index < -0.39 is 0 Å². The van der Waals surface area contributed by atoms with Crippen LogP contribution in [0.3, 0.4) is 0 Å². The fraction of sp³-hybridized carbons (Fsp3) is 0.240. The van der Waals surface area contributed by atoms with Gasteiger partial charge in [-0.25, -0.2) is 0 Å². The van der Waals surface area contributed by atoms with Crippen molar-refractivity contribution in [2.24, 2.45) is 0 Å². The summed E-state index contributed by atoms with van der Waals surface area (Å²) in [6, 6.07) is 21.8. The first-order chi connectivity index (χ1) is 16.6. The van der Waals surface area contributed by atoms with E-state index in [1.807, 2.05) is 54.6 Å². The molecule has 0 bridgehead atoms. The van der Waals surface area contributed by atoms with Gasteiger partial charge in [0.1, 0.15) is 6.61 Å². The minimum absolute atomic E-state index is 0.450. The lowest BCUT2D eigenvalue weighted by Gasteiger charge is -2.14. The Balaban J connectivity index is 1.29. The lowest BCUT2D eigenvalue weighted by molar-refractivity contribution is 0.284. The van der Waals surface area contributed by atoms with Crippen molar-refractivity contribution in [3.8, 4) is 17.2 Å². The second-order valence-corrected chi connectivity index (χ2v) is 9.08. The molecule has 7 nitrogen and oxygen atoms in total. The molecule has 9 heteroatoms. The number of benzene rings is 3. The first kappa shape index (κ1) is 24.1. The van der Waals surface area contributed by atoms with Crippen molar-refractivity contribution in [3.63, 3.8) is 0 Å². The molecule has 176 valence electrons. The predicted molar refractivity (Wildman–Crippen MR) is 135 cm³/mol. The Morgan fingerprint density at radius 2 is 1.88 bits per heavy atom. The summed E-state index contributed by atoms with van der Waals surface area (Å²) in [6.45, 7) is 3.88. The number of halogens is 1. The number of nitrogens with zero attached hydrogens (tertiary/aromatic N) is 4. The molecule has 0 unspecified atom stereocenters. The first-order valence-corrected chi connectivity index (χ1v) is 12.2. The van der Waals surface area contributed by atoms with E-state index in [-0.39, 0.29) is 0 Å². The summed E-state index contributed by atoms with van der Waals surface area (Å²) in [5, 5.41) is 16.8. The fourth-order valence-electron chi connectivity index (χ4n) is 3.39. The molecule has 0 fully saturated rings. The van der Waals surface area contributed by atoms with Gasteiger partial charge in [0.15, 0.2) is 11.5 Å². The normalized spacial score (nSPS) is 10.9. The summed E-state index contributed by atoms with van der Waals surface area (Å²) >= 11 is 8.13. The number of tetrazole rings is 1. The van der Waals surface area contributed by atoms with Crippen molar-refractivity contribution in [2.75, 3.05) is 19.4 Å². The van der Waals surface area contributed by atoms with Crippen LogP contribution < -0.4 is 14.8 Å². The SMILES string of the molecule is COc1cc(CNCCSc2nnnn2-c2ccccc2)c(Cl)cc1OCc1cccc(C)c1. The Morgan fingerprint density at radius 3 is 2.68 bits per heavy atom. The Morgan fingerprint density at radius 1 is 1.03 bits per heavy atom. The van der Waals surface area contributed by atoms with Gasteiger partial charge in [-0.1, -0.05) is 71.4 Å². The minimum atomic E-state index is 0.450. The van der Waals surface area contributed by atoms with Gasteiger partial charge in [0.2, 0.25) is 5.16 Å². The van der Waals surface area contributed by atoms with Crippen LogP contribution in [-0.2, 0) is 13.2 Å². The predicted octanol–water partition coefficient (Wildman–Crippen LogP) is 5.09. The number of hydrogen-bond acceptors (Lipinski definition) is 7. The van der Waals surface area contributed by atoms with E-state index in [0.717, 1.165) is 34.3 Å². The van der Waals surface area contributed by atoms with Crippen LogP contribution in [0.4, 0.5) is 0 Å². The molecule has 0 aliphatic heterocycles. The van der Waals surface area contributed by atoms with Crippen molar-refractivity contribution in [3.05, 3.63) is 88.4 Å². The van der Waals surface area contributed by atoms with Crippen molar-refractivity contribution >= 4 is 23.4 Å². The summed E-state index contributed by atoms with van der Waals surface area (Å²) in [6.07, 6.45) is 0. The number of aryl methyl sites for hydroxylation is 1. The number of rotatable bonds is 11. The number of ether oxygens (including phenoxy) is 2. The van der Waals surface area contributed by atoms with Gasteiger partial charge in [-0.15, -0.1) is 5.10 Å². The number of nitrogens with one attached hydrogen (secondary N) is 1. The van der Waals surface area contributed by atoms with Crippen LogP contribution >= 0.6 is 23.4 Å². The highest BCUT2D eigenvalue weighted by atomic mass is 35.5. The Hall–Kier alpha value is -3.07. The maximum absolute atomic E-state index is 6.54. The summed E-state index contributed by atoms with van der Waals surface area (Å²) in [5.41, 5.74) is 4.18. The van der Waals surface area contributed by atoms with E-state index >= 15 is 0 Å². The van der Waals surface area contributed by atoms with Crippen LogP contribution in [0.1, 0.15) is 16.7 Å². The third-order valence-corrected chi connectivity index (χ3v) is 6.35. The maximum Gasteiger partial charge on any atom is 0.214 e. The summed E-state index contributed by atoms with van der Waals surface area (Å²) in [7, 11) is 1.63. The van der Waals surface area contributed by atoms with Crippen molar-refractivity contribution in [1.29, 1.82) is 0 Å². The highest BCUT2D eigenvalue weighted by molar-refractivity contribution is 7.99. The molecule has 0 saturated carbocycles. The average Bonchev–Trinajstić information content (AvgIpc) is 3.32. The highest BCUT2D eigenvalue weighted by Crippen LogP contribution is 2.34. The number of para-hydroxylation sites is 1. The molecule has 0 radical (unpaired) electrons. The standard InChI is InChI=1S/C25H26ClN5O2S/c1-18-7-6-8-19(13-18)17-33-24-15-22(26)20(14-23(24)32-2)16-27-11-12-34-25-28-29-30-31(25)21-9-4-3-5-10-21/h3-10,13-15,27H,11-12,16-17H2,1-2H3. The number of methoxy groups -OCH3 is 1. The molecule has 3 aromatic carbocycles. The van der Waals surface area contributed by atoms with Crippen LogP contribution in [0.5, 0.6) is 11.5 Å². The van der Waals surface area contributed by atoms with Crippen molar-refractivity contribution in [1.82, 2.24) is 25.5 Å². The topological polar surface area (TPSA) is 74.1 Å². The molecule has 1 N–H and O–H groups in total. The largest absolute Gasteiger partial charge is 0.493 e. The Labute approximate surface area is 208 Å². The van der Waals surface area contributed by atoms with Crippen LogP contribution in [0.25, 0.3) is 5.69 Å². The van der Waals surface area contributed by atoms with Crippen LogP contribution in [-0.4, -0.2) is 39.6 Å². The molecule has 1 aromatic heterocycles. The van der Waals surface area contributed by atoms with Crippen LogP contribution in [0, 0.1) is 6.92 Å². The smallest absolute Gasteiger partial charge is 0.214 e. The van der Waals surface area contributed by atoms with Gasteiger partial charge in [0.05, 0.1) is 12.8 Å². The van der Waals surface area contributed by atoms with Crippen LogP contribution in [0.15, 0.2) is 71.9 Å². The zero-order valence-corrected chi connectivity index (χ0v) is 20.6. The molecule has 1 heterocycles. The molecule has 0 saturated heterocycles. The third kappa shape index (κ3) is 6.28.